The van der Waals surface area contributed by atoms with Crippen LogP contribution in [0, 0.1) is 0 Å². The second kappa shape index (κ2) is 6.67. The fourth-order valence-corrected chi connectivity index (χ4v) is 4.23. The summed E-state index contributed by atoms with van der Waals surface area (Å²) in [5.74, 6) is -0.886. The zero-order chi connectivity index (χ0) is 20.1. The zero-order valence-corrected chi connectivity index (χ0v) is 16.1. The van der Waals surface area contributed by atoms with Gasteiger partial charge in [-0.05, 0) is 36.2 Å². The van der Waals surface area contributed by atoms with Gasteiger partial charge in [0.25, 0.3) is 5.91 Å². The van der Waals surface area contributed by atoms with Gasteiger partial charge in [-0.15, -0.1) is 0 Å². The molecular weight excluding hydrogens is 390 g/mol. The Morgan fingerprint density at radius 2 is 1.93 bits per heavy atom. The quantitative estimate of drug-likeness (QED) is 0.663. The first-order valence-corrected chi connectivity index (χ1v) is 9.72. The summed E-state index contributed by atoms with van der Waals surface area (Å²) < 4.78 is 0. The van der Waals surface area contributed by atoms with Crippen LogP contribution in [0.1, 0.15) is 28.8 Å². The van der Waals surface area contributed by atoms with Gasteiger partial charge in [0, 0.05) is 29.5 Å². The number of amides is 3. The number of piperidine rings is 1. The minimum Gasteiger partial charge on any atom is -0.322 e. The Bertz CT molecular complexity index is 1210. The van der Waals surface area contributed by atoms with Crippen LogP contribution < -0.4 is 5.32 Å². The predicted octanol–water partition coefficient (Wildman–Crippen LogP) is 3.32. The standard InChI is InChI=1S/C22H16ClN3O3/c23-16-3-1-2-12-5-7-17(24-20(12)16)13-4-6-15-14(10-13)11-26(22(15)29)18-8-9-19(27)25-21(18)28/h1-7,10,18H,8-9,11H2,(H,25,27,28). The first-order chi connectivity index (χ1) is 14.0. The molecular formula is C22H16ClN3O3. The summed E-state index contributed by atoms with van der Waals surface area (Å²) in [4.78, 5) is 42.6. The lowest BCUT2D eigenvalue weighted by atomic mass is 10.0. The molecule has 0 bridgehead atoms. The molecule has 0 radical (unpaired) electrons. The van der Waals surface area contributed by atoms with Crippen molar-refractivity contribution < 1.29 is 14.4 Å². The summed E-state index contributed by atoms with van der Waals surface area (Å²) in [6.07, 6.45) is 0.589. The highest BCUT2D eigenvalue weighted by Crippen LogP contribution is 2.32. The van der Waals surface area contributed by atoms with E-state index in [1.54, 1.807) is 17.0 Å². The summed E-state index contributed by atoms with van der Waals surface area (Å²) in [7, 11) is 0. The number of hydrogen-bond acceptors (Lipinski definition) is 4. The van der Waals surface area contributed by atoms with Crippen LogP contribution in [-0.4, -0.2) is 33.6 Å². The molecule has 6 nitrogen and oxygen atoms in total. The molecule has 0 spiro atoms. The molecule has 2 aliphatic heterocycles. The molecule has 3 amide bonds. The number of aromatic nitrogens is 1. The van der Waals surface area contributed by atoms with E-state index in [0.29, 0.717) is 23.6 Å². The molecule has 144 valence electrons. The highest BCUT2D eigenvalue weighted by Gasteiger charge is 2.39. The van der Waals surface area contributed by atoms with Crippen LogP contribution in [0.15, 0.2) is 48.5 Å². The molecule has 29 heavy (non-hydrogen) atoms. The van der Waals surface area contributed by atoms with E-state index in [9.17, 15) is 14.4 Å². The van der Waals surface area contributed by atoms with E-state index in [1.165, 1.54) is 0 Å². The molecule has 1 fully saturated rings. The molecule has 0 aliphatic carbocycles. The van der Waals surface area contributed by atoms with Crippen LogP contribution in [0.2, 0.25) is 5.02 Å². The Morgan fingerprint density at radius 3 is 2.76 bits per heavy atom. The number of halogens is 1. The fraction of sp³-hybridized carbons (Fsp3) is 0.182. The Labute approximate surface area is 171 Å². The number of carbonyl (C=O) groups is 3. The van der Waals surface area contributed by atoms with E-state index in [0.717, 1.165) is 27.7 Å². The van der Waals surface area contributed by atoms with Crippen molar-refractivity contribution in [2.75, 3.05) is 0 Å². The molecule has 7 heteroatoms. The second-order valence-corrected chi connectivity index (χ2v) is 7.69. The second-order valence-electron chi connectivity index (χ2n) is 7.28. The van der Waals surface area contributed by atoms with Crippen molar-refractivity contribution in [3.8, 4) is 11.3 Å². The van der Waals surface area contributed by atoms with Crippen LogP contribution in [0.5, 0.6) is 0 Å². The average Bonchev–Trinajstić information content (AvgIpc) is 3.04. The molecule has 5 rings (SSSR count). The molecule has 1 atom stereocenters. The molecule has 2 aromatic carbocycles. The number of pyridine rings is 1. The monoisotopic (exact) mass is 405 g/mol. The average molecular weight is 406 g/mol. The Morgan fingerprint density at radius 1 is 1.07 bits per heavy atom. The normalized spacial score (nSPS) is 18.9. The third kappa shape index (κ3) is 2.96. The van der Waals surface area contributed by atoms with Gasteiger partial charge in [0.15, 0.2) is 0 Å². The van der Waals surface area contributed by atoms with Crippen LogP contribution in [0.3, 0.4) is 0 Å². The van der Waals surface area contributed by atoms with Crippen molar-refractivity contribution in [1.29, 1.82) is 0 Å². The van der Waals surface area contributed by atoms with E-state index < -0.39 is 11.9 Å². The van der Waals surface area contributed by atoms with Gasteiger partial charge in [0.1, 0.15) is 6.04 Å². The number of para-hydroxylation sites is 1. The van der Waals surface area contributed by atoms with Crippen LogP contribution in [0.4, 0.5) is 0 Å². The minimum atomic E-state index is -0.617. The van der Waals surface area contributed by atoms with Gasteiger partial charge in [0.2, 0.25) is 11.8 Å². The fourth-order valence-electron chi connectivity index (χ4n) is 4.01. The molecule has 1 saturated heterocycles. The lowest BCUT2D eigenvalue weighted by molar-refractivity contribution is -0.136. The van der Waals surface area contributed by atoms with E-state index in [1.807, 2.05) is 36.4 Å². The van der Waals surface area contributed by atoms with Crippen LogP contribution >= 0.6 is 11.6 Å². The summed E-state index contributed by atoms with van der Waals surface area (Å²) >= 11 is 6.28. The summed E-state index contributed by atoms with van der Waals surface area (Å²) in [6, 6.07) is 14.5. The van der Waals surface area contributed by atoms with E-state index in [4.69, 9.17) is 11.6 Å². The SMILES string of the molecule is O=C1CCC(N2Cc3cc(-c4ccc5cccc(Cl)c5n4)ccc3C2=O)C(=O)N1. The molecule has 3 heterocycles. The third-order valence-corrected chi connectivity index (χ3v) is 5.80. The zero-order valence-electron chi connectivity index (χ0n) is 15.3. The van der Waals surface area contributed by atoms with Gasteiger partial charge in [-0.3, -0.25) is 19.7 Å². The number of imide groups is 1. The maximum absolute atomic E-state index is 12.8. The molecule has 1 N–H and O–H groups in total. The van der Waals surface area contributed by atoms with Crippen molar-refractivity contribution in [2.45, 2.75) is 25.4 Å². The van der Waals surface area contributed by atoms with Crippen molar-refractivity contribution in [3.63, 3.8) is 0 Å². The van der Waals surface area contributed by atoms with Gasteiger partial charge >= 0.3 is 0 Å². The highest BCUT2D eigenvalue weighted by atomic mass is 35.5. The number of hydrogen-bond donors (Lipinski definition) is 1. The summed E-state index contributed by atoms with van der Waals surface area (Å²) in [5, 5.41) is 3.87. The first kappa shape index (κ1) is 17.8. The number of nitrogens with one attached hydrogen (secondary N) is 1. The molecule has 1 aromatic heterocycles. The van der Waals surface area contributed by atoms with Gasteiger partial charge < -0.3 is 4.90 Å². The smallest absolute Gasteiger partial charge is 0.255 e. The lowest BCUT2D eigenvalue weighted by Crippen LogP contribution is -2.52. The minimum absolute atomic E-state index is 0.185. The summed E-state index contributed by atoms with van der Waals surface area (Å²) in [6.45, 7) is 0.336. The Kier molecular flexibility index (Phi) is 4.10. The van der Waals surface area contributed by atoms with Gasteiger partial charge in [0.05, 0.1) is 16.2 Å². The van der Waals surface area contributed by atoms with Crippen LogP contribution in [0.25, 0.3) is 22.2 Å². The molecule has 0 saturated carbocycles. The van der Waals surface area contributed by atoms with E-state index >= 15 is 0 Å². The van der Waals surface area contributed by atoms with E-state index in [2.05, 4.69) is 10.3 Å². The van der Waals surface area contributed by atoms with E-state index in [-0.39, 0.29) is 18.2 Å². The van der Waals surface area contributed by atoms with Gasteiger partial charge in [-0.1, -0.05) is 35.9 Å². The first-order valence-electron chi connectivity index (χ1n) is 9.34. The number of nitrogens with zero attached hydrogens (tertiary/aromatic N) is 2. The Hall–Kier alpha value is -3.25. The predicted molar refractivity (Wildman–Crippen MR) is 108 cm³/mol. The maximum atomic E-state index is 12.8. The Balaban J connectivity index is 1.48. The topological polar surface area (TPSA) is 79.4 Å². The number of carbonyl (C=O) groups excluding carboxylic acids is 3. The third-order valence-electron chi connectivity index (χ3n) is 5.49. The molecule has 2 aliphatic rings. The van der Waals surface area contributed by atoms with Crippen molar-refractivity contribution >= 4 is 40.2 Å². The van der Waals surface area contributed by atoms with Crippen molar-refractivity contribution in [3.05, 3.63) is 64.7 Å². The lowest BCUT2D eigenvalue weighted by Gasteiger charge is -2.29. The molecule has 3 aromatic rings. The van der Waals surface area contributed by atoms with Crippen molar-refractivity contribution in [1.82, 2.24) is 15.2 Å². The molecule has 1 unspecified atom stereocenters. The van der Waals surface area contributed by atoms with Gasteiger partial charge in [-0.25, -0.2) is 4.98 Å². The highest BCUT2D eigenvalue weighted by molar-refractivity contribution is 6.35. The number of fused-ring (bicyclic) bond motifs is 2. The number of benzene rings is 2. The largest absolute Gasteiger partial charge is 0.322 e. The van der Waals surface area contributed by atoms with Crippen LogP contribution in [-0.2, 0) is 16.1 Å². The number of rotatable bonds is 2. The van der Waals surface area contributed by atoms with Gasteiger partial charge in [-0.2, -0.15) is 0 Å². The summed E-state index contributed by atoms with van der Waals surface area (Å²) in [5.41, 5.74) is 3.80. The maximum Gasteiger partial charge on any atom is 0.255 e. The van der Waals surface area contributed by atoms with Crippen molar-refractivity contribution in [2.24, 2.45) is 0 Å².